The molecule has 0 radical (unpaired) electrons. The fourth-order valence-electron chi connectivity index (χ4n) is 1.74. The molecule has 0 aliphatic rings. The Morgan fingerprint density at radius 1 is 1.21 bits per heavy atom. The van der Waals surface area contributed by atoms with Gasteiger partial charge in [-0.25, -0.2) is 4.39 Å². The first kappa shape index (κ1) is 13.0. The van der Waals surface area contributed by atoms with Crippen molar-refractivity contribution in [1.29, 1.82) is 0 Å². The minimum Gasteiger partial charge on any atom is -0.381 e. The first-order chi connectivity index (χ1) is 9.06. The zero-order valence-electron chi connectivity index (χ0n) is 10.4. The van der Waals surface area contributed by atoms with Gasteiger partial charge in [-0.1, -0.05) is 17.7 Å². The van der Waals surface area contributed by atoms with Crippen molar-refractivity contribution >= 4 is 11.4 Å². The Kier molecular flexibility index (Phi) is 3.75. The maximum atomic E-state index is 13.5. The highest BCUT2D eigenvalue weighted by Gasteiger charge is 2.05. The average molecular weight is 260 g/mol. The van der Waals surface area contributed by atoms with E-state index in [1.54, 1.807) is 24.3 Å². The van der Waals surface area contributed by atoms with E-state index in [1.807, 2.05) is 6.92 Å². The lowest BCUT2D eigenvalue weighted by Crippen LogP contribution is -2.02. The van der Waals surface area contributed by atoms with Crippen LogP contribution in [0, 0.1) is 22.9 Å². The number of nitro groups is 1. The molecule has 0 heterocycles. The van der Waals surface area contributed by atoms with Gasteiger partial charge in [-0.2, -0.15) is 0 Å². The number of benzene rings is 2. The van der Waals surface area contributed by atoms with E-state index in [2.05, 4.69) is 5.32 Å². The lowest BCUT2D eigenvalue weighted by Gasteiger charge is -2.08. The normalized spacial score (nSPS) is 10.2. The minimum absolute atomic E-state index is 0.0345. The van der Waals surface area contributed by atoms with Crippen LogP contribution in [0.1, 0.15) is 11.1 Å². The first-order valence-electron chi connectivity index (χ1n) is 5.79. The van der Waals surface area contributed by atoms with Crippen molar-refractivity contribution in [3.05, 3.63) is 69.5 Å². The quantitative estimate of drug-likeness (QED) is 0.674. The molecule has 1 N–H and O–H groups in total. The van der Waals surface area contributed by atoms with E-state index in [9.17, 15) is 14.5 Å². The summed E-state index contributed by atoms with van der Waals surface area (Å²) in [6.45, 7) is 2.24. The van der Waals surface area contributed by atoms with Crippen molar-refractivity contribution in [3.63, 3.8) is 0 Å². The fourth-order valence-corrected chi connectivity index (χ4v) is 1.74. The molecule has 0 atom stereocenters. The van der Waals surface area contributed by atoms with E-state index in [1.165, 1.54) is 18.2 Å². The maximum absolute atomic E-state index is 13.5. The van der Waals surface area contributed by atoms with Gasteiger partial charge in [0.2, 0.25) is 0 Å². The number of non-ortho nitro benzene ring substituents is 1. The lowest BCUT2D eigenvalue weighted by atomic mass is 10.1. The molecule has 0 saturated carbocycles. The molecule has 0 aliphatic heterocycles. The number of halogens is 1. The third-order valence-electron chi connectivity index (χ3n) is 2.76. The highest BCUT2D eigenvalue weighted by molar-refractivity contribution is 5.49. The van der Waals surface area contributed by atoms with Gasteiger partial charge in [0.25, 0.3) is 5.69 Å². The van der Waals surface area contributed by atoms with Gasteiger partial charge >= 0.3 is 0 Å². The molecule has 0 unspecified atom stereocenters. The van der Waals surface area contributed by atoms with E-state index < -0.39 is 4.92 Å². The van der Waals surface area contributed by atoms with Gasteiger partial charge in [0.05, 0.1) is 4.92 Å². The molecule has 0 saturated heterocycles. The van der Waals surface area contributed by atoms with E-state index >= 15 is 0 Å². The van der Waals surface area contributed by atoms with Crippen molar-refractivity contribution < 1.29 is 9.31 Å². The minimum atomic E-state index is -0.454. The summed E-state index contributed by atoms with van der Waals surface area (Å²) in [4.78, 5) is 10.1. The third-order valence-corrected chi connectivity index (χ3v) is 2.76. The van der Waals surface area contributed by atoms with E-state index in [-0.39, 0.29) is 11.5 Å². The van der Waals surface area contributed by atoms with E-state index in [0.29, 0.717) is 17.8 Å². The summed E-state index contributed by atoms with van der Waals surface area (Å²) < 4.78 is 13.5. The second-order valence-corrected chi connectivity index (χ2v) is 4.25. The van der Waals surface area contributed by atoms with Crippen molar-refractivity contribution in [3.8, 4) is 0 Å². The molecule has 0 fully saturated rings. The van der Waals surface area contributed by atoms with Crippen LogP contribution < -0.4 is 5.32 Å². The van der Waals surface area contributed by atoms with E-state index in [0.717, 1.165) is 5.56 Å². The zero-order chi connectivity index (χ0) is 13.8. The number of nitrogens with zero attached hydrogens (tertiary/aromatic N) is 1. The topological polar surface area (TPSA) is 55.2 Å². The summed E-state index contributed by atoms with van der Waals surface area (Å²) in [5.41, 5.74) is 2.30. The Hall–Kier alpha value is -2.43. The van der Waals surface area contributed by atoms with Crippen LogP contribution >= 0.6 is 0 Å². The summed E-state index contributed by atoms with van der Waals surface area (Å²) >= 11 is 0. The molecule has 98 valence electrons. The van der Waals surface area contributed by atoms with Crippen LogP contribution in [0.25, 0.3) is 0 Å². The van der Waals surface area contributed by atoms with Gasteiger partial charge in [0, 0.05) is 29.9 Å². The molecule has 0 aliphatic carbocycles. The molecule has 0 bridgehead atoms. The smallest absolute Gasteiger partial charge is 0.269 e. The molecule has 4 nitrogen and oxygen atoms in total. The number of hydrogen-bond donors (Lipinski definition) is 1. The van der Waals surface area contributed by atoms with Crippen molar-refractivity contribution in [2.45, 2.75) is 13.5 Å². The number of nitro benzene ring substituents is 1. The van der Waals surface area contributed by atoms with Gasteiger partial charge in [0.15, 0.2) is 0 Å². The number of rotatable bonds is 4. The fraction of sp³-hybridized carbons (Fsp3) is 0.143. The number of hydrogen-bond acceptors (Lipinski definition) is 3. The molecule has 2 aromatic rings. The predicted octanol–water partition coefficient (Wildman–Crippen LogP) is 3.65. The van der Waals surface area contributed by atoms with Crippen LogP contribution in [0.4, 0.5) is 15.8 Å². The van der Waals surface area contributed by atoms with Crippen LogP contribution in [0.2, 0.25) is 0 Å². The highest BCUT2D eigenvalue weighted by atomic mass is 19.1. The third kappa shape index (κ3) is 3.28. The summed E-state index contributed by atoms with van der Waals surface area (Å²) in [7, 11) is 0. The average Bonchev–Trinajstić information content (AvgIpc) is 2.40. The largest absolute Gasteiger partial charge is 0.381 e. The van der Waals surface area contributed by atoms with Gasteiger partial charge in [-0.3, -0.25) is 10.1 Å². The van der Waals surface area contributed by atoms with Crippen LogP contribution in [0.3, 0.4) is 0 Å². The Morgan fingerprint density at radius 3 is 2.53 bits per heavy atom. The molecule has 2 aromatic carbocycles. The molecule has 0 amide bonds. The van der Waals surface area contributed by atoms with Crippen molar-refractivity contribution in [2.24, 2.45) is 0 Å². The van der Waals surface area contributed by atoms with Crippen LogP contribution in [0.15, 0.2) is 42.5 Å². The monoisotopic (exact) mass is 260 g/mol. The zero-order valence-corrected chi connectivity index (χ0v) is 10.4. The molecule has 19 heavy (non-hydrogen) atoms. The lowest BCUT2D eigenvalue weighted by molar-refractivity contribution is -0.384. The van der Waals surface area contributed by atoms with Crippen molar-refractivity contribution in [2.75, 3.05) is 5.32 Å². The second-order valence-electron chi connectivity index (χ2n) is 4.25. The van der Waals surface area contributed by atoms with Crippen LogP contribution in [-0.2, 0) is 6.54 Å². The van der Waals surface area contributed by atoms with Gasteiger partial charge in [-0.15, -0.1) is 0 Å². The molecule has 0 spiro atoms. The Bertz CT molecular complexity index is 597. The SMILES string of the molecule is Cc1ccc(F)c(CNc2ccc([N+](=O)[O-])cc2)c1. The van der Waals surface area contributed by atoms with Gasteiger partial charge < -0.3 is 5.32 Å². The summed E-state index contributed by atoms with van der Waals surface area (Å²) in [6.07, 6.45) is 0. The second kappa shape index (κ2) is 5.48. The summed E-state index contributed by atoms with van der Waals surface area (Å²) in [5.74, 6) is -0.264. The maximum Gasteiger partial charge on any atom is 0.269 e. The first-order valence-corrected chi connectivity index (χ1v) is 5.79. The number of anilines is 1. The number of aryl methyl sites for hydroxylation is 1. The Morgan fingerprint density at radius 2 is 1.89 bits per heavy atom. The predicted molar refractivity (Wildman–Crippen MR) is 71.6 cm³/mol. The van der Waals surface area contributed by atoms with Gasteiger partial charge in [0.1, 0.15) is 5.82 Å². The molecule has 0 aromatic heterocycles. The Balaban J connectivity index is 2.06. The van der Waals surface area contributed by atoms with E-state index in [4.69, 9.17) is 0 Å². The number of nitrogens with one attached hydrogen (secondary N) is 1. The summed E-state index contributed by atoms with van der Waals surface area (Å²) in [6, 6.07) is 10.9. The van der Waals surface area contributed by atoms with Gasteiger partial charge in [-0.05, 0) is 25.1 Å². The van der Waals surface area contributed by atoms with Crippen molar-refractivity contribution in [1.82, 2.24) is 0 Å². The highest BCUT2D eigenvalue weighted by Crippen LogP contribution is 2.17. The molecular weight excluding hydrogens is 247 g/mol. The molecule has 5 heteroatoms. The van der Waals surface area contributed by atoms with Crippen LogP contribution in [0.5, 0.6) is 0 Å². The standard InChI is InChI=1S/C14H13FN2O2/c1-10-2-7-14(15)11(8-10)9-16-12-3-5-13(6-4-12)17(18)19/h2-8,16H,9H2,1H3. The molecule has 2 rings (SSSR count). The summed E-state index contributed by atoms with van der Waals surface area (Å²) in [5, 5.41) is 13.5. The van der Waals surface area contributed by atoms with Crippen LogP contribution in [-0.4, -0.2) is 4.92 Å². The Labute approximate surface area is 110 Å². The molecular formula is C14H13FN2O2.